The van der Waals surface area contributed by atoms with Crippen molar-refractivity contribution in [2.75, 3.05) is 0 Å². The van der Waals surface area contributed by atoms with Gasteiger partial charge in [-0.3, -0.25) is 0 Å². The second-order valence-electron chi connectivity index (χ2n) is 6.09. The molecule has 0 bridgehead atoms. The van der Waals surface area contributed by atoms with Crippen LogP contribution < -0.4 is 0 Å². The van der Waals surface area contributed by atoms with Crippen molar-refractivity contribution in [3.63, 3.8) is 0 Å². The Hall–Kier alpha value is -0.520. The van der Waals surface area contributed by atoms with Gasteiger partial charge < -0.3 is 0 Å². The van der Waals surface area contributed by atoms with Gasteiger partial charge in [-0.05, 0) is 63.2 Å². The number of rotatable bonds is 1. The van der Waals surface area contributed by atoms with Crippen LogP contribution in [0.2, 0.25) is 0 Å². The maximum atomic E-state index is 4.33. The first-order valence-corrected chi connectivity index (χ1v) is 6.36. The molecule has 0 aromatic rings. The highest BCUT2D eigenvalue weighted by atomic mass is 14.5. The van der Waals surface area contributed by atoms with Crippen LogP contribution in [0.5, 0.6) is 0 Å². The summed E-state index contributed by atoms with van der Waals surface area (Å²) in [7, 11) is 0. The molecule has 0 heteroatoms. The molecule has 0 aromatic carbocycles. The first kappa shape index (κ1) is 11.0. The molecule has 2 aliphatic rings. The molecule has 0 amide bonds. The van der Waals surface area contributed by atoms with Gasteiger partial charge in [-0.1, -0.05) is 30.7 Å². The van der Waals surface area contributed by atoms with E-state index in [1.807, 2.05) is 0 Å². The summed E-state index contributed by atoms with van der Waals surface area (Å²) in [6.07, 6.45) is 9.34. The Labute approximate surface area is 94.5 Å². The van der Waals surface area contributed by atoms with Gasteiger partial charge in [0.15, 0.2) is 0 Å². The second-order valence-corrected chi connectivity index (χ2v) is 6.09. The summed E-state index contributed by atoms with van der Waals surface area (Å²) in [5.74, 6) is 1.56. The highest BCUT2D eigenvalue weighted by Gasteiger charge is 2.46. The fraction of sp³-hybridized carbons (Fsp3) is 0.733. The lowest BCUT2D eigenvalue weighted by Gasteiger charge is -2.39. The van der Waals surface area contributed by atoms with E-state index in [2.05, 4.69) is 33.4 Å². The van der Waals surface area contributed by atoms with Crippen molar-refractivity contribution < 1.29 is 0 Å². The molecule has 0 saturated heterocycles. The molecule has 0 heterocycles. The molecule has 84 valence electrons. The Morgan fingerprint density at radius 1 is 1.40 bits per heavy atom. The van der Waals surface area contributed by atoms with Crippen molar-refractivity contribution in [3.05, 3.63) is 23.8 Å². The SMILES string of the molecule is C=C1CCC[C@]2(C)CC[C@H](C=C(C)C)[C@@H]12. The minimum Gasteiger partial charge on any atom is -0.0995 e. The molecule has 0 nitrogen and oxygen atoms in total. The van der Waals surface area contributed by atoms with Crippen molar-refractivity contribution in [3.8, 4) is 0 Å². The molecule has 3 atom stereocenters. The van der Waals surface area contributed by atoms with Crippen molar-refractivity contribution in [1.82, 2.24) is 0 Å². The average Bonchev–Trinajstić information content (AvgIpc) is 2.43. The molecule has 2 saturated carbocycles. The molecular formula is C15H24. The summed E-state index contributed by atoms with van der Waals surface area (Å²) in [6.45, 7) is 11.3. The zero-order chi connectivity index (χ0) is 11.1. The van der Waals surface area contributed by atoms with Gasteiger partial charge in [-0.2, -0.15) is 0 Å². The summed E-state index contributed by atoms with van der Waals surface area (Å²) in [5, 5.41) is 0. The Balaban J connectivity index is 2.25. The molecule has 15 heavy (non-hydrogen) atoms. The zero-order valence-corrected chi connectivity index (χ0v) is 10.5. The number of hydrogen-bond donors (Lipinski definition) is 0. The van der Waals surface area contributed by atoms with Gasteiger partial charge in [0.2, 0.25) is 0 Å². The highest BCUT2D eigenvalue weighted by molar-refractivity contribution is 5.19. The number of allylic oxidation sites excluding steroid dienone is 3. The van der Waals surface area contributed by atoms with Gasteiger partial charge in [0.1, 0.15) is 0 Å². The van der Waals surface area contributed by atoms with Gasteiger partial charge in [0.05, 0.1) is 0 Å². The third-order valence-electron chi connectivity index (χ3n) is 4.46. The van der Waals surface area contributed by atoms with E-state index in [-0.39, 0.29) is 0 Å². The smallest absolute Gasteiger partial charge is 0.00889 e. The summed E-state index contributed by atoms with van der Waals surface area (Å²) in [5.41, 5.74) is 3.58. The molecule has 0 spiro atoms. The first-order chi connectivity index (χ1) is 7.03. The maximum Gasteiger partial charge on any atom is -0.00889 e. The molecule has 0 N–H and O–H groups in total. The fourth-order valence-electron chi connectivity index (χ4n) is 3.89. The van der Waals surface area contributed by atoms with E-state index in [9.17, 15) is 0 Å². The average molecular weight is 204 g/mol. The van der Waals surface area contributed by atoms with Gasteiger partial charge in [0, 0.05) is 0 Å². The fourth-order valence-corrected chi connectivity index (χ4v) is 3.89. The lowest BCUT2D eigenvalue weighted by atomic mass is 9.65. The summed E-state index contributed by atoms with van der Waals surface area (Å²) >= 11 is 0. The highest BCUT2D eigenvalue weighted by Crippen LogP contribution is 2.56. The van der Waals surface area contributed by atoms with Crippen molar-refractivity contribution >= 4 is 0 Å². The Morgan fingerprint density at radius 3 is 2.80 bits per heavy atom. The Morgan fingerprint density at radius 2 is 2.13 bits per heavy atom. The van der Waals surface area contributed by atoms with Crippen molar-refractivity contribution in [1.29, 1.82) is 0 Å². The number of hydrogen-bond acceptors (Lipinski definition) is 0. The van der Waals surface area contributed by atoms with Crippen LogP contribution in [0, 0.1) is 17.3 Å². The molecule has 0 aliphatic heterocycles. The molecule has 2 rings (SSSR count). The van der Waals surface area contributed by atoms with E-state index in [0.29, 0.717) is 5.41 Å². The zero-order valence-electron chi connectivity index (χ0n) is 10.5. The Kier molecular flexibility index (Phi) is 2.79. The summed E-state index contributed by atoms with van der Waals surface area (Å²) in [6, 6.07) is 0. The third kappa shape index (κ3) is 1.91. The molecule has 0 unspecified atom stereocenters. The van der Waals surface area contributed by atoms with Gasteiger partial charge in [0.25, 0.3) is 0 Å². The lowest BCUT2D eigenvalue weighted by Crippen LogP contribution is -2.30. The van der Waals surface area contributed by atoms with Crippen LogP contribution in [0.3, 0.4) is 0 Å². The van der Waals surface area contributed by atoms with Crippen LogP contribution in [0.4, 0.5) is 0 Å². The minimum atomic E-state index is 0.575. The van der Waals surface area contributed by atoms with Crippen molar-refractivity contribution in [2.45, 2.75) is 52.9 Å². The normalized spacial score (nSPS) is 40.1. The summed E-state index contributed by atoms with van der Waals surface area (Å²) in [4.78, 5) is 0. The van der Waals surface area contributed by atoms with Gasteiger partial charge in [-0.15, -0.1) is 0 Å². The Bertz CT molecular complexity index is 293. The van der Waals surface area contributed by atoms with E-state index in [0.717, 1.165) is 11.8 Å². The predicted molar refractivity (Wildman–Crippen MR) is 66.7 cm³/mol. The van der Waals surface area contributed by atoms with Gasteiger partial charge in [-0.25, -0.2) is 0 Å². The lowest BCUT2D eigenvalue weighted by molar-refractivity contribution is 0.187. The van der Waals surface area contributed by atoms with Crippen LogP contribution >= 0.6 is 0 Å². The number of fused-ring (bicyclic) bond motifs is 1. The summed E-state index contributed by atoms with van der Waals surface area (Å²) < 4.78 is 0. The molecule has 2 aliphatic carbocycles. The monoisotopic (exact) mass is 204 g/mol. The van der Waals surface area contributed by atoms with E-state index in [4.69, 9.17) is 0 Å². The van der Waals surface area contributed by atoms with Crippen LogP contribution in [0.15, 0.2) is 23.8 Å². The molecule has 0 radical (unpaired) electrons. The van der Waals surface area contributed by atoms with E-state index < -0.39 is 0 Å². The topological polar surface area (TPSA) is 0 Å². The quantitative estimate of drug-likeness (QED) is 0.542. The molecular weight excluding hydrogens is 180 g/mol. The van der Waals surface area contributed by atoms with Crippen LogP contribution in [-0.2, 0) is 0 Å². The molecule has 2 fully saturated rings. The van der Waals surface area contributed by atoms with Crippen LogP contribution in [0.25, 0.3) is 0 Å². The van der Waals surface area contributed by atoms with Crippen molar-refractivity contribution in [2.24, 2.45) is 17.3 Å². The largest absolute Gasteiger partial charge is 0.0995 e. The maximum absolute atomic E-state index is 4.33. The van der Waals surface area contributed by atoms with E-state index in [1.54, 1.807) is 0 Å². The second kappa shape index (κ2) is 3.81. The van der Waals surface area contributed by atoms with E-state index in [1.165, 1.54) is 43.3 Å². The van der Waals surface area contributed by atoms with Crippen LogP contribution in [-0.4, -0.2) is 0 Å². The van der Waals surface area contributed by atoms with E-state index >= 15 is 0 Å². The predicted octanol–water partition coefficient (Wildman–Crippen LogP) is 4.73. The van der Waals surface area contributed by atoms with Crippen LogP contribution in [0.1, 0.15) is 52.9 Å². The van der Waals surface area contributed by atoms with Gasteiger partial charge >= 0.3 is 0 Å². The molecule has 0 aromatic heterocycles. The minimum absolute atomic E-state index is 0.575. The standard InChI is InChI=1S/C15H24/c1-11(2)10-13-7-9-15(4)8-5-6-12(3)14(13)15/h10,13-14H,3,5-9H2,1-2,4H3/t13-,14-,15-/m1/s1. The first-order valence-electron chi connectivity index (χ1n) is 6.36. The third-order valence-corrected chi connectivity index (χ3v) is 4.46.